The smallest absolute Gasteiger partial charge is 0.231 e. The van der Waals surface area contributed by atoms with Crippen LogP contribution in [0.1, 0.15) is 69.0 Å². The lowest BCUT2D eigenvalue weighted by molar-refractivity contribution is 0.0493. The van der Waals surface area contributed by atoms with Crippen molar-refractivity contribution < 1.29 is 4.52 Å². The Labute approximate surface area is 127 Å². The lowest BCUT2D eigenvalue weighted by atomic mass is 9.68. The molecule has 0 amide bonds. The van der Waals surface area contributed by atoms with Crippen molar-refractivity contribution in [1.29, 1.82) is 0 Å². The molecule has 0 aromatic carbocycles. The van der Waals surface area contributed by atoms with E-state index in [9.17, 15) is 0 Å². The Bertz CT molecular complexity index is 494. The molecule has 4 heteroatoms. The molecule has 3 unspecified atom stereocenters. The maximum Gasteiger partial charge on any atom is 0.231 e. The summed E-state index contributed by atoms with van der Waals surface area (Å²) in [6.07, 6.45) is 11.1. The van der Waals surface area contributed by atoms with Gasteiger partial charge in [-0.15, -0.1) is 0 Å². The number of aromatic nitrogens is 2. The molecule has 1 aromatic heterocycles. The van der Waals surface area contributed by atoms with E-state index in [1.807, 2.05) is 6.92 Å². The number of rotatable bonds is 2. The summed E-state index contributed by atoms with van der Waals surface area (Å²) in [6, 6.07) is 1.41. The normalized spacial score (nSPS) is 38.0. The van der Waals surface area contributed by atoms with Gasteiger partial charge in [0.15, 0.2) is 5.82 Å². The van der Waals surface area contributed by atoms with Crippen LogP contribution < -0.4 is 0 Å². The lowest BCUT2D eigenvalue weighted by Crippen LogP contribution is -2.47. The number of hydrogen-bond donors (Lipinski definition) is 0. The Hall–Kier alpha value is -0.900. The van der Waals surface area contributed by atoms with E-state index in [4.69, 9.17) is 4.52 Å². The first-order valence-electron chi connectivity index (χ1n) is 8.76. The van der Waals surface area contributed by atoms with Gasteiger partial charge in [-0.25, -0.2) is 0 Å². The van der Waals surface area contributed by atoms with Crippen molar-refractivity contribution in [3.63, 3.8) is 0 Å². The van der Waals surface area contributed by atoms with Crippen LogP contribution in [0.4, 0.5) is 0 Å². The van der Waals surface area contributed by atoms with Crippen molar-refractivity contribution in [2.75, 3.05) is 7.05 Å². The molecule has 4 atom stereocenters. The maximum absolute atomic E-state index is 5.64. The minimum atomic E-state index is 0.470. The minimum absolute atomic E-state index is 0.470. The van der Waals surface area contributed by atoms with Gasteiger partial charge in [-0.3, -0.25) is 4.90 Å². The second-order valence-electron chi connectivity index (χ2n) is 7.47. The van der Waals surface area contributed by atoms with E-state index in [1.165, 1.54) is 51.4 Å². The van der Waals surface area contributed by atoms with Gasteiger partial charge in [-0.2, -0.15) is 4.98 Å². The Morgan fingerprint density at radius 3 is 2.62 bits per heavy atom. The minimum Gasteiger partial charge on any atom is -0.339 e. The van der Waals surface area contributed by atoms with Crippen LogP contribution >= 0.6 is 0 Å². The monoisotopic (exact) mass is 289 g/mol. The first-order valence-corrected chi connectivity index (χ1v) is 8.76. The van der Waals surface area contributed by atoms with Crippen molar-refractivity contribution in [3.8, 4) is 0 Å². The van der Waals surface area contributed by atoms with E-state index in [2.05, 4.69) is 22.1 Å². The summed E-state index contributed by atoms with van der Waals surface area (Å²) in [5, 5.41) is 4.07. The zero-order chi connectivity index (χ0) is 14.4. The standard InChI is InChI=1S/C17H27N3O/c1-11-18-17(21-19-11)16-14(12-6-4-3-5-7-12)10-13-8-9-15(16)20(13)2/h12-16H,3-10H2,1-2H3/t13?,14-,15?,16?/m1/s1. The molecule has 1 aromatic rings. The zero-order valence-corrected chi connectivity index (χ0v) is 13.3. The van der Waals surface area contributed by atoms with Gasteiger partial charge in [0.2, 0.25) is 5.89 Å². The summed E-state index contributed by atoms with van der Waals surface area (Å²) in [4.78, 5) is 7.23. The average molecular weight is 289 g/mol. The molecule has 1 aliphatic carbocycles. The molecule has 2 bridgehead atoms. The van der Waals surface area contributed by atoms with Crippen LogP contribution in [0.2, 0.25) is 0 Å². The van der Waals surface area contributed by atoms with Crippen LogP contribution in [0.25, 0.3) is 0 Å². The second-order valence-corrected chi connectivity index (χ2v) is 7.47. The van der Waals surface area contributed by atoms with Crippen molar-refractivity contribution >= 4 is 0 Å². The van der Waals surface area contributed by atoms with Crippen LogP contribution in [-0.2, 0) is 0 Å². The van der Waals surface area contributed by atoms with Gasteiger partial charge < -0.3 is 4.52 Å². The highest BCUT2D eigenvalue weighted by atomic mass is 16.5. The van der Waals surface area contributed by atoms with Gasteiger partial charge in [-0.1, -0.05) is 37.3 Å². The van der Waals surface area contributed by atoms with Crippen LogP contribution in [-0.4, -0.2) is 34.2 Å². The topological polar surface area (TPSA) is 42.2 Å². The van der Waals surface area contributed by atoms with Gasteiger partial charge in [0.05, 0.1) is 5.92 Å². The Morgan fingerprint density at radius 2 is 1.90 bits per heavy atom. The van der Waals surface area contributed by atoms with E-state index in [0.29, 0.717) is 12.0 Å². The molecule has 3 aliphatic rings. The summed E-state index contributed by atoms with van der Waals surface area (Å²) < 4.78 is 5.64. The van der Waals surface area contributed by atoms with E-state index >= 15 is 0 Å². The predicted octanol–water partition coefficient (Wildman–Crippen LogP) is 3.52. The molecule has 4 nitrogen and oxygen atoms in total. The maximum atomic E-state index is 5.64. The molecule has 21 heavy (non-hydrogen) atoms. The Morgan fingerprint density at radius 1 is 1.10 bits per heavy atom. The molecule has 116 valence electrons. The van der Waals surface area contributed by atoms with Crippen molar-refractivity contribution in [3.05, 3.63) is 11.7 Å². The van der Waals surface area contributed by atoms with E-state index in [0.717, 1.165) is 29.6 Å². The molecule has 0 radical (unpaired) electrons. The second kappa shape index (κ2) is 5.38. The van der Waals surface area contributed by atoms with E-state index < -0.39 is 0 Å². The molecule has 2 saturated heterocycles. The molecular weight excluding hydrogens is 262 g/mol. The molecule has 4 rings (SSSR count). The first-order chi connectivity index (χ1) is 10.2. The molecule has 0 N–H and O–H groups in total. The summed E-state index contributed by atoms with van der Waals surface area (Å²) >= 11 is 0. The van der Waals surface area contributed by atoms with Crippen molar-refractivity contribution in [2.24, 2.45) is 11.8 Å². The highest BCUT2D eigenvalue weighted by Crippen LogP contribution is 2.51. The van der Waals surface area contributed by atoms with Gasteiger partial charge in [0, 0.05) is 12.1 Å². The Balaban J connectivity index is 1.66. The SMILES string of the molecule is Cc1noc(C2C3CCC(C[C@@H]2C2CCCCC2)N3C)n1. The fourth-order valence-corrected chi connectivity index (χ4v) is 5.35. The van der Waals surface area contributed by atoms with Crippen LogP contribution in [0.15, 0.2) is 4.52 Å². The van der Waals surface area contributed by atoms with Crippen LogP contribution in [0.3, 0.4) is 0 Å². The van der Waals surface area contributed by atoms with E-state index in [1.54, 1.807) is 0 Å². The van der Waals surface area contributed by atoms with Crippen LogP contribution in [0, 0.1) is 18.8 Å². The van der Waals surface area contributed by atoms with Crippen molar-refractivity contribution in [2.45, 2.75) is 76.3 Å². The number of nitrogens with zero attached hydrogens (tertiary/aromatic N) is 3. The number of hydrogen-bond acceptors (Lipinski definition) is 4. The molecule has 0 spiro atoms. The highest BCUT2D eigenvalue weighted by Gasteiger charge is 2.50. The Kier molecular flexibility index (Phi) is 3.52. The third kappa shape index (κ3) is 2.32. The third-order valence-corrected chi connectivity index (χ3v) is 6.40. The summed E-state index contributed by atoms with van der Waals surface area (Å²) in [5.41, 5.74) is 0. The summed E-state index contributed by atoms with van der Waals surface area (Å²) in [5.74, 6) is 3.82. The average Bonchev–Trinajstić information content (AvgIpc) is 3.01. The lowest BCUT2D eigenvalue weighted by Gasteiger charge is -2.45. The number of aryl methyl sites for hydroxylation is 1. The van der Waals surface area contributed by atoms with Gasteiger partial charge in [0.25, 0.3) is 0 Å². The number of piperidine rings is 1. The third-order valence-electron chi connectivity index (χ3n) is 6.40. The van der Waals surface area contributed by atoms with Crippen LogP contribution in [0.5, 0.6) is 0 Å². The van der Waals surface area contributed by atoms with Gasteiger partial charge >= 0.3 is 0 Å². The first kappa shape index (κ1) is 13.7. The molecule has 2 aliphatic heterocycles. The molecule has 1 saturated carbocycles. The largest absolute Gasteiger partial charge is 0.339 e. The van der Waals surface area contributed by atoms with Gasteiger partial charge in [-0.05, 0) is 45.1 Å². The molecule has 3 heterocycles. The fraction of sp³-hybridized carbons (Fsp3) is 0.882. The van der Waals surface area contributed by atoms with E-state index in [-0.39, 0.29) is 0 Å². The summed E-state index contributed by atoms with van der Waals surface area (Å²) in [7, 11) is 2.30. The fourth-order valence-electron chi connectivity index (χ4n) is 5.35. The quantitative estimate of drug-likeness (QED) is 0.835. The number of likely N-dealkylation sites (N-methyl/N-ethyl adjacent to an activating group) is 1. The number of fused-ring (bicyclic) bond motifs is 2. The van der Waals surface area contributed by atoms with Gasteiger partial charge in [0.1, 0.15) is 0 Å². The van der Waals surface area contributed by atoms with Crippen molar-refractivity contribution in [1.82, 2.24) is 15.0 Å². The predicted molar refractivity (Wildman–Crippen MR) is 81.0 cm³/mol. The molecule has 3 fully saturated rings. The zero-order valence-electron chi connectivity index (χ0n) is 13.3. The summed E-state index contributed by atoms with van der Waals surface area (Å²) in [6.45, 7) is 1.94. The highest BCUT2D eigenvalue weighted by molar-refractivity contribution is 5.11. The molecular formula is C17H27N3O.